The normalized spacial score (nSPS) is 13.5. The number of aryl methyl sites for hydroxylation is 1. The van der Waals surface area contributed by atoms with Gasteiger partial charge in [-0.15, -0.1) is 11.3 Å². The second-order valence-electron chi connectivity index (χ2n) is 6.29. The minimum atomic E-state index is 0.919. The van der Waals surface area contributed by atoms with E-state index in [9.17, 15) is 0 Å². The zero-order valence-corrected chi connectivity index (χ0v) is 14.1. The average Bonchev–Trinajstić information content (AvgIpc) is 3.03. The molecule has 0 fully saturated rings. The van der Waals surface area contributed by atoms with E-state index in [0.717, 1.165) is 18.5 Å². The van der Waals surface area contributed by atoms with Crippen LogP contribution in [0.5, 0.6) is 0 Å². The number of allylic oxidation sites excluding steroid dienone is 1. The highest BCUT2D eigenvalue weighted by Gasteiger charge is 2.22. The van der Waals surface area contributed by atoms with Crippen molar-refractivity contribution in [1.82, 2.24) is 0 Å². The van der Waals surface area contributed by atoms with Gasteiger partial charge in [0.1, 0.15) is 0 Å². The predicted molar refractivity (Wildman–Crippen MR) is 107 cm³/mol. The molecule has 1 aromatic heterocycles. The fourth-order valence-electron chi connectivity index (χ4n) is 3.87. The molecule has 116 valence electrons. The second kappa shape index (κ2) is 5.22. The summed E-state index contributed by atoms with van der Waals surface area (Å²) in [5, 5.41) is 2.71. The first-order valence-corrected chi connectivity index (χ1v) is 9.14. The van der Waals surface area contributed by atoms with Crippen LogP contribution >= 0.6 is 11.3 Å². The van der Waals surface area contributed by atoms with Crippen LogP contribution in [0.3, 0.4) is 0 Å². The highest BCUT2D eigenvalue weighted by molar-refractivity contribution is 7.26. The number of hydrogen-bond acceptors (Lipinski definition) is 2. The molecule has 2 heteroatoms. The minimum Gasteiger partial charge on any atom is -0.397 e. The lowest BCUT2D eigenvalue weighted by molar-refractivity contribution is 0.999. The Kier molecular flexibility index (Phi) is 3.00. The van der Waals surface area contributed by atoms with Crippen LogP contribution in [0, 0.1) is 0 Å². The Hall–Kier alpha value is -2.58. The van der Waals surface area contributed by atoms with Gasteiger partial charge in [0.05, 0.1) is 10.4 Å². The van der Waals surface area contributed by atoms with E-state index >= 15 is 0 Å². The summed E-state index contributed by atoms with van der Waals surface area (Å²) < 4.78 is 2.56. The van der Waals surface area contributed by atoms with Crippen LogP contribution in [-0.4, -0.2) is 0 Å². The van der Waals surface area contributed by atoms with Crippen LogP contribution in [0.1, 0.15) is 17.5 Å². The van der Waals surface area contributed by atoms with Crippen molar-refractivity contribution in [2.45, 2.75) is 12.8 Å². The molecule has 24 heavy (non-hydrogen) atoms. The largest absolute Gasteiger partial charge is 0.397 e. The SMILES string of the molecule is Nc1c(-c2ccccc2)c2c(c3c1sc1ccccc13)CCC=C2. The molecule has 1 aliphatic carbocycles. The van der Waals surface area contributed by atoms with E-state index in [4.69, 9.17) is 5.73 Å². The first-order chi connectivity index (χ1) is 11.8. The minimum absolute atomic E-state index is 0.919. The van der Waals surface area contributed by atoms with Crippen molar-refractivity contribution < 1.29 is 0 Å². The molecule has 0 atom stereocenters. The molecule has 0 spiro atoms. The van der Waals surface area contributed by atoms with E-state index in [0.29, 0.717) is 0 Å². The Morgan fingerprint density at radius 2 is 1.71 bits per heavy atom. The molecule has 0 unspecified atom stereocenters. The molecule has 1 aliphatic rings. The summed E-state index contributed by atoms with van der Waals surface area (Å²) in [5.74, 6) is 0. The van der Waals surface area contributed by atoms with E-state index in [1.807, 2.05) is 11.3 Å². The quantitative estimate of drug-likeness (QED) is 0.410. The summed E-state index contributed by atoms with van der Waals surface area (Å²) in [5.41, 5.74) is 12.8. The molecule has 0 saturated heterocycles. The van der Waals surface area contributed by atoms with Crippen LogP contribution in [0.2, 0.25) is 0 Å². The van der Waals surface area contributed by atoms with E-state index in [2.05, 4.69) is 66.7 Å². The molecule has 0 bridgehead atoms. The summed E-state index contributed by atoms with van der Waals surface area (Å²) in [4.78, 5) is 0. The molecule has 0 aliphatic heterocycles. The van der Waals surface area contributed by atoms with Crippen molar-refractivity contribution in [3.8, 4) is 11.1 Å². The predicted octanol–water partition coefficient (Wildman–Crippen LogP) is 6.26. The van der Waals surface area contributed by atoms with Gasteiger partial charge in [-0.3, -0.25) is 0 Å². The average molecular weight is 327 g/mol. The highest BCUT2D eigenvalue weighted by Crippen LogP contribution is 2.47. The third-order valence-electron chi connectivity index (χ3n) is 4.91. The van der Waals surface area contributed by atoms with E-state index in [1.165, 1.54) is 42.4 Å². The fourth-order valence-corrected chi connectivity index (χ4v) is 5.06. The van der Waals surface area contributed by atoms with Crippen molar-refractivity contribution >= 4 is 43.3 Å². The monoisotopic (exact) mass is 327 g/mol. The van der Waals surface area contributed by atoms with Crippen molar-refractivity contribution in [2.24, 2.45) is 0 Å². The van der Waals surface area contributed by atoms with E-state index in [-0.39, 0.29) is 0 Å². The maximum Gasteiger partial charge on any atom is 0.0594 e. The molecule has 1 heterocycles. The Bertz CT molecular complexity index is 1100. The molecule has 0 radical (unpaired) electrons. The molecule has 1 nitrogen and oxygen atoms in total. The Morgan fingerprint density at radius 3 is 2.58 bits per heavy atom. The number of nitrogen functional groups attached to an aromatic ring is 1. The van der Waals surface area contributed by atoms with Gasteiger partial charge in [0, 0.05) is 21.0 Å². The topological polar surface area (TPSA) is 26.0 Å². The van der Waals surface area contributed by atoms with Gasteiger partial charge in [-0.1, -0.05) is 60.7 Å². The molecule has 3 aromatic carbocycles. The number of benzene rings is 3. The van der Waals surface area contributed by atoms with Crippen molar-refractivity contribution in [2.75, 3.05) is 5.73 Å². The van der Waals surface area contributed by atoms with Crippen molar-refractivity contribution in [3.05, 3.63) is 71.8 Å². The third kappa shape index (κ3) is 1.87. The van der Waals surface area contributed by atoms with Gasteiger partial charge in [-0.25, -0.2) is 0 Å². The fraction of sp³-hybridized carbons (Fsp3) is 0.0909. The Labute approximate surface area is 145 Å². The van der Waals surface area contributed by atoms with Crippen molar-refractivity contribution in [1.29, 1.82) is 0 Å². The number of rotatable bonds is 1. The molecular weight excluding hydrogens is 310 g/mol. The Balaban J connectivity index is 2.00. The lowest BCUT2D eigenvalue weighted by Gasteiger charge is -2.19. The van der Waals surface area contributed by atoms with Crippen LogP contribution in [0.25, 0.3) is 37.4 Å². The lowest BCUT2D eigenvalue weighted by atomic mass is 9.86. The third-order valence-corrected chi connectivity index (χ3v) is 6.12. The standard InChI is InChI=1S/C22H17NS/c23-21-19(14-8-2-1-3-9-14)15-10-4-5-11-16(15)20-17-12-6-7-13-18(17)24-22(20)21/h1-4,6-10,12-13H,5,11,23H2. The van der Waals surface area contributed by atoms with E-state index in [1.54, 1.807) is 0 Å². The number of hydrogen-bond donors (Lipinski definition) is 1. The molecule has 5 rings (SSSR count). The van der Waals surface area contributed by atoms with Gasteiger partial charge in [-0.05, 0) is 35.6 Å². The van der Waals surface area contributed by atoms with Crippen LogP contribution in [0.4, 0.5) is 5.69 Å². The number of nitrogens with two attached hydrogens (primary N) is 1. The molecule has 2 N–H and O–H groups in total. The highest BCUT2D eigenvalue weighted by atomic mass is 32.1. The Morgan fingerprint density at radius 1 is 0.917 bits per heavy atom. The van der Waals surface area contributed by atoms with Gasteiger partial charge in [0.25, 0.3) is 0 Å². The van der Waals surface area contributed by atoms with Gasteiger partial charge < -0.3 is 5.73 Å². The van der Waals surface area contributed by atoms with Crippen LogP contribution in [0.15, 0.2) is 60.7 Å². The molecule has 0 saturated carbocycles. The number of anilines is 1. The smallest absolute Gasteiger partial charge is 0.0594 e. The van der Waals surface area contributed by atoms with Gasteiger partial charge in [-0.2, -0.15) is 0 Å². The number of fused-ring (bicyclic) bond motifs is 5. The zero-order chi connectivity index (χ0) is 16.1. The summed E-state index contributed by atoms with van der Waals surface area (Å²) in [7, 11) is 0. The lowest BCUT2D eigenvalue weighted by Crippen LogP contribution is -2.02. The van der Waals surface area contributed by atoms with Crippen LogP contribution < -0.4 is 5.73 Å². The maximum absolute atomic E-state index is 6.72. The van der Waals surface area contributed by atoms with E-state index < -0.39 is 0 Å². The van der Waals surface area contributed by atoms with Crippen molar-refractivity contribution in [3.63, 3.8) is 0 Å². The summed E-state index contributed by atoms with van der Waals surface area (Å²) in [6.45, 7) is 0. The zero-order valence-electron chi connectivity index (χ0n) is 13.3. The van der Waals surface area contributed by atoms with Crippen LogP contribution in [-0.2, 0) is 6.42 Å². The summed E-state index contributed by atoms with van der Waals surface area (Å²) >= 11 is 1.82. The molecular formula is C22H17NS. The second-order valence-corrected chi connectivity index (χ2v) is 7.34. The van der Waals surface area contributed by atoms with Gasteiger partial charge in [0.2, 0.25) is 0 Å². The summed E-state index contributed by atoms with van der Waals surface area (Å²) in [6.07, 6.45) is 6.73. The number of thiophene rings is 1. The molecule has 4 aromatic rings. The maximum atomic E-state index is 6.72. The first kappa shape index (κ1) is 13.8. The summed E-state index contributed by atoms with van der Waals surface area (Å²) in [6, 6.07) is 19.2. The van der Waals surface area contributed by atoms with Gasteiger partial charge in [0.15, 0.2) is 0 Å². The van der Waals surface area contributed by atoms with Gasteiger partial charge >= 0.3 is 0 Å². The molecule has 0 amide bonds. The first-order valence-electron chi connectivity index (χ1n) is 8.32.